The van der Waals surface area contributed by atoms with Crippen LogP contribution in [0, 0.1) is 0 Å². The standard InChI is InChI=1S/C28H24/c1-4-12-21(13-5-1)26-20-24-18-10-11-19-25(24)27(22-14-6-2-7-15-22)28(26)23-16-8-3-9-17-23/h1-19,26-28H,20H2. The van der Waals surface area contributed by atoms with Crippen molar-refractivity contribution in [2.75, 3.05) is 0 Å². The molecule has 3 unspecified atom stereocenters. The van der Waals surface area contributed by atoms with Crippen LogP contribution in [0.4, 0.5) is 0 Å². The molecule has 0 heteroatoms. The van der Waals surface area contributed by atoms with Crippen LogP contribution < -0.4 is 0 Å². The summed E-state index contributed by atoms with van der Waals surface area (Å²) >= 11 is 0. The summed E-state index contributed by atoms with van der Waals surface area (Å²) in [6.07, 6.45) is 1.09. The Morgan fingerprint density at radius 1 is 0.464 bits per heavy atom. The third-order valence-electron chi connectivity index (χ3n) is 6.19. The number of hydrogen-bond acceptors (Lipinski definition) is 0. The van der Waals surface area contributed by atoms with Gasteiger partial charge in [0.05, 0.1) is 0 Å². The van der Waals surface area contributed by atoms with Crippen molar-refractivity contribution in [1.29, 1.82) is 0 Å². The molecule has 5 rings (SSSR count). The molecule has 4 aromatic rings. The van der Waals surface area contributed by atoms with E-state index in [2.05, 4.69) is 115 Å². The van der Waals surface area contributed by atoms with Crippen LogP contribution in [0.25, 0.3) is 0 Å². The summed E-state index contributed by atoms with van der Waals surface area (Å²) < 4.78 is 0. The normalized spacial score (nSPS) is 21.1. The van der Waals surface area contributed by atoms with E-state index < -0.39 is 0 Å². The van der Waals surface area contributed by atoms with Crippen molar-refractivity contribution in [2.24, 2.45) is 0 Å². The first-order valence-corrected chi connectivity index (χ1v) is 10.1. The Labute approximate surface area is 167 Å². The lowest BCUT2D eigenvalue weighted by atomic mass is 9.62. The summed E-state index contributed by atoms with van der Waals surface area (Å²) in [5, 5.41) is 0. The van der Waals surface area contributed by atoms with Gasteiger partial charge in [-0.3, -0.25) is 0 Å². The molecule has 28 heavy (non-hydrogen) atoms. The predicted octanol–water partition coefficient (Wildman–Crippen LogP) is 6.94. The van der Waals surface area contributed by atoms with Crippen LogP contribution in [-0.2, 0) is 6.42 Å². The smallest absolute Gasteiger partial charge is 0.0167 e. The molecule has 0 heterocycles. The molecule has 0 aromatic heterocycles. The van der Waals surface area contributed by atoms with Crippen molar-refractivity contribution in [1.82, 2.24) is 0 Å². The molecular formula is C28H24. The molecule has 1 aliphatic rings. The Balaban J connectivity index is 1.75. The first-order chi connectivity index (χ1) is 13.9. The number of fused-ring (bicyclic) bond motifs is 1. The zero-order chi connectivity index (χ0) is 18.8. The maximum Gasteiger partial charge on any atom is 0.0167 e. The minimum Gasteiger partial charge on any atom is -0.0622 e. The molecule has 0 spiro atoms. The van der Waals surface area contributed by atoms with Crippen LogP contribution in [0.2, 0.25) is 0 Å². The molecule has 0 saturated heterocycles. The van der Waals surface area contributed by atoms with Gasteiger partial charge in [0.2, 0.25) is 0 Å². The van der Waals surface area contributed by atoms with Crippen molar-refractivity contribution in [3.63, 3.8) is 0 Å². The van der Waals surface area contributed by atoms with Crippen molar-refractivity contribution in [2.45, 2.75) is 24.2 Å². The van der Waals surface area contributed by atoms with E-state index in [1.165, 1.54) is 27.8 Å². The maximum absolute atomic E-state index is 2.34. The molecule has 0 radical (unpaired) electrons. The molecule has 0 amide bonds. The van der Waals surface area contributed by atoms with E-state index in [-0.39, 0.29) is 0 Å². The van der Waals surface area contributed by atoms with Gasteiger partial charge < -0.3 is 0 Å². The van der Waals surface area contributed by atoms with Crippen LogP contribution in [0.5, 0.6) is 0 Å². The van der Waals surface area contributed by atoms with E-state index in [4.69, 9.17) is 0 Å². The molecule has 3 atom stereocenters. The minimum absolute atomic E-state index is 0.360. The van der Waals surface area contributed by atoms with Crippen molar-refractivity contribution >= 4 is 0 Å². The molecular weight excluding hydrogens is 336 g/mol. The first-order valence-electron chi connectivity index (χ1n) is 10.1. The second-order valence-corrected chi connectivity index (χ2v) is 7.74. The van der Waals surface area contributed by atoms with E-state index in [9.17, 15) is 0 Å². The van der Waals surface area contributed by atoms with Gasteiger partial charge in [0.25, 0.3) is 0 Å². The average Bonchev–Trinajstić information content (AvgIpc) is 2.79. The van der Waals surface area contributed by atoms with Crippen LogP contribution in [0.15, 0.2) is 115 Å². The van der Waals surface area contributed by atoms with E-state index in [1.54, 1.807) is 0 Å². The summed E-state index contributed by atoms with van der Waals surface area (Å²) in [6, 6.07) is 42.3. The molecule has 136 valence electrons. The molecule has 0 fully saturated rings. The van der Waals surface area contributed by atoms with Gasteiger partial charge in [-0.25, -0.2) is 0 Å². The highest BCUT2D eigenvalue weighted by Gasteiger charge is 2.38. The van der Waals surface area contributed by atoms with E-state index in [1.807, 2.05) is 0 Å². The lowest BCUT2D eigenvalue weighted by Gasteiger charge is -2.41. The van der Waals surface area contributed by atoms with Gasteiger partial charge in [0.1, 0.15) is 0 Å². The molecule has 0 nitrogen and oxygen atoms in total. The third-order valence-corrected chi connectivity index (χ3v) is 6.19. The first kappa shape index (κ1) is 17.0. The number of benzene rings is 4. The van der Waals surface area contributed by atoms with E-state index in [0.29, 0.717) is 17.8 Å². The SMILES string of the molecule is c1ccc(C2Cc3ccccc3C(c3ccccc3)C2c2ccccc2)cc1. The Hall–Kier alpha value is -3.12. The van der Waals surface area contributed by atoms with Gasteiger partial charge >= 0.3 is 0 Å². The summed E-state index contributed by atoms with van der Waals surface area (Å²) in [5.41, 5.74) is 7.24. The predicted molar refractivity (Wildman–Crippen MR) is 117 cm³/mol. The monoisotopic (exact) mass is 360 g/mol. The quantitative estimate of drug-likeness (QED) is 0.371. The zero-order valence-corrected chi connectivity index (χ0v) is 15.9. The second-order valence-electron chi connectivity index (χ2n) is 7.74. The minimum atomic E-state index is 0.360. The number of hydrogen-bond donors (Lipinski definition) is 0. The van der Waals surface area contributed by atoms with Crippen LogP contribution >= 0.6 is 0 Å². The fourth-order valence-corrected chi connectivity index (χ4v) is 4.99. The second kappa shape index (κ2) is 7.48. The summed E-state index contributed by atoms with van der Waals surface area (Å²) in [4.78, 5) is 0. The maximum atomic E-state index is 2.34. The van der Waals surface area contributed by atoms with Gasteiger partial charge in [-0.2, -0.15) is 0 Å². The lowest BCUT2D eigenvalue weighted by Crippen LogP contribution is -2.27. The van der Waals surface area contributed by atoms with Gasteiger partial charge in [-0.1, -0.05) is 115 Å². The summed E-state index contributed by atoms with van der Waals surface area (Å²) in [5.74, 6) is 1.24. The van der Waals surface area contributed by atoms with E-state index in [0.717, 1.165) is 6.42 Å². The third kappa shape index (κ3) is 3.05. The largest absolute Gasteiger partial charge is 0.0622 e. The van der Waals surface area contributed by atoms with Gasteiger partial charge in [-0.05, 0) is 40.2 Å². The van der Waals surface area contributed by atoms with Gasteiger partial charge in [0, 0.05) is 11.8 Å². The van der Waals surface area contributed by atoms with Crippen LogP contribution in [-0.4, -0.2) is 0 Å². The highest BCUT2D eigenvalue weighted by Crippen LogP contribution is 2.52. The summed E-state index contributed by atoms with van der Waals surface area (Å²) in [7, 11) is 0. The molecule has 0 bridgehead atoms. The lowest BCUT2D eigenvalue weighted by molar-refractivity contribution is 0.456. The van der Waals surface area contributed by atoms with Gasteiger partial charge in [0.15, 0.2) is 0 Å². The molecule has 0 saturated carbocycles. The van der Waals surface area contributed by atoms with Crippen molar-refractivity contribution < 1.29 is 0 Å². The zero-order valence-electron chi connectivity index (χ0n) is 15.9. The van der Waals surface area contributed by atoms with Crippen LogP contribution in [0.3, 0.4) is 0 Å². The molecule has 1 aliphatic carbocycles. The highest BCUT2D eigenvalue weighted by molar-refractivity contribution is 5.48. The summed E-state index contributed by atoms with van der Waals surface area (Å²) in [6.45, 7) is 0. The van der Waals surface area contributed by atoms with Crippen molar-refractivity contribution in [3.8, 4) is 0 Å². The Bertz CT molecular complexity index is 1030. The Morgan fingerprint density at radius 3 is 1.61 bits per heavy atom. The highest BCUT2D eigenvalue weighted by atomic mass is 14.4. The fourth-order valence-electron chi connectivity index (χ4n) is 4.99. The Morgan fingerprint density at radius 2 is 0.964 bits per heavy atom. The topological polar surface area (TPSA) is 0 Å². The molecule has 4 aromatic carbocycles. The molecule has 0 N–H and O–H groups in total. The Kier molecular flexibility index (Phi) is 4.54. The van der Waals surface area contributed by atoms with Crippen LogP contribution in [0.1, 0.15) is 45.6 Å². The molecule has 0 aliphatic heterocycles. The average molecular weight is 361 g/mol. The van der Waals surface area contributed by atoms with Crippen molar-refractivity contribution in [3.05, 3.63) is 143 Å². The number of rotatable bonds is 3. The van der Waals surface area contributed by atoms with E-state index >= 15 is 0 Å². The fraction of sp³-hybridized carbons (Fsp3) is 0.143. The van der Waals surface area contributed by atoms with Gasteiger partial charge in [-0.15, -0.1) is 0 Å².